The van der Waals surface area contributed by atoms with Gasteiger partial charge in [0.15, 0.2) is 5.84 Å². The number of carboxylic acids is 1. The van der Waals surface area contributed by atoms with E-state index in [2.05, 4.69) is 9.98 Å². The highest BCUT2D eigenvalue weighted by atomic mass is 16.4. The molecule has 0 saturated carbocycles. The van der Waals surface area contributed by atoms with Crippen LogP contribution in [0.4, 0.5) is 0 Å². The molecule has 1 unspecified atom stereocenters. The summed E-state index contributed by atoms with van der Waals surface area (Å²) in [4.78, 5) is 33.6. The zero-order valence-electron chi connectivity index (χ0n) is 12.6. The van der Waals surface area contributed by atoms with Crippen LogP contribution in [0.1, 0.15) is 42.4 Å². The van der Waals surface area contributed by atoms with Gasteiger partial charge in [-0.2, -0.15) is 0 Å². The number of amidine groups is 1. The molecule has 0 bridgehead atoms. The summed E-state index contributed by atoms with van der Waals surface area (Å²) in [5.41, 5.74) is 1.17. The van der Waals surface area contributed by atoms with Gasteiger partial charge in [0.25, 0.3) is 5.91 Å². The molecule has 0 aliphatic carbocycles. The highest BCUT2D eigenvalue weighted by Crippen LogP contribution is 2.22. The normalized spacial score (nSPS) is 18.3. The number of nitrogens with zero attached hydrogens (tertiary/aromatic N) is 3. The van der Waals surface area contributed by atoms with Crippen LogP contribution in [-0.2, 0) is 11.2 Å². The van der Waals surface area contributed by atoms with Crippen LogP contribution in [0.3, 0.4) is 0 Å². The van der Waals surface area contributed by atoms with E-state index in [1.165, 1.54) is 4.90 Å². The molecule has 0 saturated heterocycles. The standard InChI is InChI=1S/C15H19N3O3/c1-5-9-6-10(15(20)21)12(16-7-9)13-17-11(8(2)3)14(19)18(13)4/h6-8,11H,5H2,1-4H3,(H,20,21). The van der Waals surface area contributed by atoms with E-state index in [4.69, 9.17) is 0 Å². The van der Waals surface area contributed by atoms with Gasteiger partial charge in [-0.3, -0.25) is 19.7 Å². The molecule has 0 spiro atoms. The van der Waals surface area contributed by atoms with Crippen molar-refractivity contribution < 1.29 is 14.7 Å². The van der Waals surface area contributed by atoms with E-state index in [9.17, 15) is 14.7 Å². The molecule has 1 aromatic heterocycles. The number of likely N-dealkylation sites (N-methyl/N-ethyl adjacent to an activating group) is 1. The smallest absolute Gasteiger partial charge is 0.338 e. The molecular weight excluding hydrogens is 270 g/mol. The highest BCUT2D eigenvalue weighted by molar-refractivity contribution is 6.15. The number of carbonyl (C=O) groups is 2. The molecule has 1 aliphatic rings. The zero-order chi connectivity index (χ0) is 15.7. The summed E-state index contributed by atoms with van der Waals surface area (Å²) in [6.45, 7) is 5.75. The van der Waals surface area contributed by atoms with Crippen molar-refractivity contribution in [1.82, 2.24) is 9.88 Å². The van der Waals surface area contributed by atoms with Crippen molar-refractivity contribution in [2.24, 2.45) is 10.9 Å². The number of aromatic carboxylic acids is 1. The first-order chi connectivity index (χ1) is 9.86. The minimum atomic E-state index is -1.07. The molecule has 0 aromatic carbocycles. The lowest BCUT2D eigenvalue weighted by Crippen LogP contribution is -2.34. The number of aromatic nitrogens is 1. The maximum atomic E-state index is 12.2. The van der Waals surface area contributed by atoms with Gasteiger partial charge < -0.3 is 5.11 Å². The maximum Gasteiger partial charge on any atom is 0.338 e. The number of hydrogen-bond donors (Lipinski definition) is 1. The summed E-state index contributed by atoms with van der Waals surface area (Å²) >= 11 is 0. The third-order valence-electron chi connectivity index (χ3n) is 3.59. The van der Waals surface area contributed by atoms with Crippen LogP contribution in [0.15, 0.2) is 17.3 Å². The van der Waals surface area contributed by atoms with Crippen LogP contribution in [0.2, 0.25) is 0 Å². The van der Waals surface area contributed by atoms with E-state index in [1.54, 1.807) is 19.3 Å². The average Bonchev–Trinajstić information content (AvgIpc) is 2.74. The minimum absolute atomic E-state index is 0.0562. The second-order valence-corrected chi connectivity index (χ2v) is 5.44. The summed E-state index contributed by atoms with van der Waals surface area (Å²) in [6, 6.07) is 1.12. The van der Waals surface area contributed by atoms with Crippen LogP contribution in [0.25, 0.3) is 0 Å². The Kier molecular flexibility index (Phi) is 4.06. The van der Waals surface area contributed by atoms with Gasteiger partial charge >= 0.3 is 5.97 Å². The molecule has 0 fully saturated rings. The highest BCUT2D eigenvalue weighted by Gasteiger charge is 2.36. The summed E-state index contributed by atoms with van der Waals surface area (Å²) in [6.07, 6.45) is 2.33. The Hall–Kier alpha value is -2.24. The molecule has 1 amide bonds. The molecule has 21 heavy (non-hydrogen) atoms. The Morgan fingerprint density at radius 2 is 2.14 bits per heavy atom. The Bertz CT molecular complexity index is 623. The number of carboxylic acid groups (broad SMARTS) is 1. The first-order valence-corrected chi connectivity index (χ1v) is 6.94. The van der Waals surface area contributed by atoms with Gasteiger partial charge in [-0.1, -0.05) is 20.8 Å². The van der Waals surface area contributed by atoms with Gasteiger partial charge in [0.1, 0.15) is 11.7 Å². The first-order valence-electron chi connectivity index (χ1n) is 6.94. The number of carbonyl (C=O) groups excluding carboxylic acids is 1. The number of hydrogen-bond acceptors (Lipinski definition) is 4. The second-order valence-electron chi connectivity index (χ2n) is 5.44. The van der Waals surface area contributed by atoms with Crippen molar-refractivity contribution in [3.05, 3.63) is 29.1 Å². The van der Waals surface area contributed by atoms with E-state index in [-0.39, 0.29) is 23.1 Å². The maximum absolute atomic E-state index is 12.2. The second kappa shape index (κ2) is 5.63. The summed E-state index contributed by atoms with van der Waals surface area (Å²) < 4.78 is 0. The largest absolute Gasteiger partial charge is 0.478 e. The molecule has 1 atom stereocenters. The summed E-state index contributed by atoms with van der Waals surface area (Å²) in [5.74, 6) is -0.804. The number of aliphatic imine (C=N–C) groups is 1. The van der Waals surface area contributed by atoms with Crippen molar-refractivity contribution in [1.29, 1.82) is 0 Å². The molecule has 6 heteroatoms. The van der Waals surface area contributed by atoms with E-state index in [1.807, 2.05) is 20.8 Å². The summed E-state index contributed by atoms with van der Waals surface area (Å²) in [7, 11) is 1.60. The predicted molar refractivity (Wildman–Crippen MR) is 78.5 cm³/mol. The SMILES string of the molecule is CCc1cnc(C2=NC(C(C)C)C(=O)N2C)c(C(=O)O)c1. The lowest BCUT2D eigenvalue weighted by molar-refractivity contribution is -0.127. The molecule has 1 N–H and O–H groups in total. The Balaban J connectivity index is 2.53. The van der Waals surface area contributed by atoms with Crippen molar-refractivity contribution in [3.63, 3.8) is 0 Å². The van der Waals surface area contributed by atoms with Gasteiger partial charge in [0.2, 0.25) is 0 Å². The van der Waals surface area contributed by atoms with Gasteiger partial charge in [0.05, 0.1) is 5.56 Å². The van der Waals surface area contributed by atoms with Crippen molar-refractivity contribution in [2.45, 2.75) is 33.2 Å². The van der Waals surface area contributed by atoms with Crippen molar-refractivity contribution in [3.8, 4) is 0 Å². The monoisotopic (exact) mass is 289 g/mol. The van der Waals surface area contributed by atoms with Crippen LogP contribution >= 0.6 is 0 Å². The summed E-state index contributed by atoms with van der Waals surface area (Å²) in [5, 5.41) is 9.37. The third-order valence-corrected chi connectivity index (χ3v) is 3.59. The molecular formula is C15H19N3O3. The van der Waals surface area contributed by atoms with Crippen LogP contribution in [0, 0.1) is 5.92 Å². The van der Waals surface area contributed by atoms with Crippen LogP contribution < -0.4 is 0 Å². The zero-order valence-corrected chi connectivity index (χ0v) is 12.6. The minimum Gasteiger partial charge on any atom is -0.478 e. The van der Waals surface area contributed by atoms with E-state index in [0.717, 1.165) is 5.56 Å². The fourth-order valence-corrected chi connectivity index (χ4v) is 2.27. The molecule has 0 radical (unpaired) electrons. The average molecular weight is 289 g/mol. The molecule has 6 nitrogen and oxygen atoms in total. The fraction of sp³-hybridized carbons (Fsp3) is 0.467. The van der Waals surface area contributed by atoms with Gasteiger partial charge in [-0.05, 0) is 24.0 Å². The van der Waals surface area contributed by atoms with Gasteiger partial charge in [-0.15, -0.1) is 0 Å². The van der Waals surface area contributed by atoms with Crippen LogP contribution in [-0.4, -0.2) is 45.8 Å². The van der Waals surface area contributed by atoms with Crippen LogP contribution in [0.5, 0.6) is 0 Å². The van der Waals surface area contributed by atoms with Gasteiger partial charge in [-0.25, -0.2) is 4.79 Å². The molecule has 2 rings (SSSR count). The predicted octanol–water partition coefficient (Wildman–Crippen LogP) is 1.59. The molecule has 1 aliphatic heterocycles. The number of pyridine rings is 1. The Labute approximate surface area is 123 Å². The molecule has 2 heterocycles. The fourth-order valence-electron chi connectivity index (χ4n) is 2.27. The Morgan fingerprint density at radius 1 is 1.48 bits per heavy atom. The van der Waals surface area contributed by atoms with E-state index < -0.39 is 12.0 Å². The topological polar surface area (TPSA) is 82.9 Å². The van der Waals surface area contributed by atoms with Crippen molar-refractivity contribution >= 4 is 17.7 Å². The lowest BCUT2D eigenvalue weighted by atomic mass is 10.1. The third kappa shape index (κ3) is 2.66. The van der Waals surface area contributed by atoms with E-state index >= 15 is 0 Å². The number of rotatable bonds is 4. The van der Waals surface area contributed by atoms with Gasteiger partial charge in [0, 0.05) is 13.2 Å². The number of aryl methyl sites for hydroxylation is 1. The van der Waals surface area contributed by atoms with E-state index in [0.29, 0.717) is 12.3 Å². The van der Waals surface area contributed by atoms with Crippen molar-refractivity contribution in [2.75, 3.05) is 7.05 Å². The Morgan fingerprint density at radius 3 is 2.62 bits per heavy atom. The first kappa shape index (κ1) is 15.2. The molecule has 112 valence electrons. The number of amides is 1. The lowest BCUT2D eigenvalue weighted by Gasteiger charge is -2.15. The molecule has 1 aromatic rings. The quantitative estimate of drug-likeness (QED) is 0.912.